The molecule has 4 heterocycles. The zero-order valence-electron chi connectivity index (χ0n) is 16.8. The first-order valence-electron chi connectivity index (χ1n) is 9.60. The van der Waals surface area contributed by atoms with Gasteiger partial charge in [-0.25, -0.2) is 4.39 Å². The van der Waals surface area contributed by atoms with E-state index in [0.29, 0.717) is 44.7 Å². The number of carbonyl (C=O) groups excluding carboxylic acids is 2. The predicted molar refractivity (Wildman–Crippen MR) is 102 cm³/mol. The molecular formula is C20H24FN5O3. The van der Waals surface area contributed by atoms with Crippen molar-refractivity contribution < 1.29 is 18.7 Å². The number of hydrogen-bond donors (Lipinski definition) is 0. The summed E-state index contributed by atoms with van der Waals surface area (Å²) in [5.41, 5.74) is 1.92. The molecule has 0 aromatic carbocycles. The number of hydrogen-bond acceptors (Lipinski definition) is 5. The summed E-state index contributed by atoms with van der Waals surface area (Å²) in [6.07, 6.45) is 4.40. The number of pyridine rings is 1. The smallest absolute Gasteiger partial charge is 0.274 e. The van der Waals surface area contributed by atoms with Gasteiger partial charge in [0.2, 0.25) is 0 Å². The fourth-order valence-electron chi connectivity index (χ4n) is 4.10. The van der Waals surface area contributed by atoms with Crippen LogP contribution in [0, 0.1) is 5.82 Å². The van der Waals surface area contributed by atoms with Gasteiger partial charge < -0.3 is 14.5 Å². The van der Waals surface area contributed by atoms with Crippen molar-refractivity contribution in [3.8, 4) is 0 Å². The lowest BCUT2D eigenvalue weighted by Crippen LogP contribution is -2.50. The fourth-order valence-corrected chi connectivity index (χ4v) is 4.10. The Balaban J connectivity index is 1.49. The van der Waals surface area contributed by atoms with E-state index in [1.165, 1.54) is 17.2 Å². The van der Waals surface area contributed by atoms with Crippen LogP contribution in [0.15, 0.2) is 18.5 Å². The molecular weight excluding hydrogens is 377 g/mol. The maximum Gasteiger partial charge on any atom is 0.274 e. The molecule has 0 saturated carbocycles. The zero-order valence-corrected chi connectivity index (χ0v) is 16.8. The van der Waals surface area contributed by atoms with Crippen molar-refractivity contribution in [2.24, 2.45) is 7.05 Å². The molecule has 0 aliphatic carbocycles. The Morgan fingerprint density at radius 1 is 1.28 bits per heavy atom. The molecule has 1 fully saturated rings. The first-order valence-corrected chi connectivity index (χ1v) is 9.60. The van der Waals surface area contributed by atoms with Gasteiger partial charge in [-0.1, -0.05) is 0 Å². The van der Waals surface area contributed by atoms with Gasteiger partial charge in [0, 0.05) is 58.1 Å². The summed E-state index contributed by atoms with van der Waals surface area (Å²) in [5.74, 6) is -1.07. The van der Waals surface area contributed by atoms with Gasteiger partial charge in [-0.15, -0.1) is 0 Å². The van der Waals surface area contributed by atoms with Crippen LogP contribution >= 0.6 is 0 Å². The Bertz CT molecular complexity index is 963. The van der Waals surface area contributed by atoms with Crippen LogP contribution in [0.3, 0.4) is 0 Å². The number of nitrogens with zero attached hydrogens (tertiary/aromatic N) is 5. The third-order valence-corrected chi connectivity index (χ3v) is 5.86. The highest BCUT2D eigenvalue weighted by Crippen LogP contribution is 2.37. The van der Waals surface area contributed by atoms with E-state index < -0.39 is 11.4 Å². The minimum Gasteiger partial charge on any atom is -0.370 e. The van der Waals surface area contributed by atoms with Crippen molar-refractivity contribution in [2.45, 2.75) is 31.5 Å². The van der Waals surface area contributed by atoms with Crippen molar-refractivity contribution in [1.82, 2.24) is 24.6 Å². The summed E-state index contributed by atoms with van der Waals surface area (Å²) in [7, 11) is 5.25. The van der Waals surface area contributed by atoms with E-state index in [1.807, 2.05) is 7.05 Å². The molecule has 2 aromatic rings. The highest BCUT2D eigenvalue weighted by molar-refractivity contribution is 5.94. The number of ether oxygens (including phenoxy) is 1. The SMILES string of the molecule is CN(C)C(=O)c1nn(C)c2c1COC1(CCN(C(=O)c3ccncc3F)CC1)C2. The Kier molecular flexibility index (Phi) is 4.85. The van der Waals surface area contributed by atoms with E-state index in [1.54, 1.807) is 23.7 Å². The molecule has 4 rings (SSSR count). The van der Waals surface area contributed by atoms with E-state index in [2.05, 4.69) is 10.1 Å². The lowest BCUT2D eigenvalue weighted by Gasteiger charge is -2.43. The Hall–Kier alpha value is -2.81. The Labute approximate surface area is 168 Å². The predicted octanol–water partition coefficient (Wildman–Crippen LogP) is 1.40. The van der Waals surface area contributed by atoms with E-state index in [4.69, 9.17) is 4.74 Å². The van der Waals surface area contributed by atoms with Crippen molar-refractivity contribution in [3.63, 3.8) is 0 Å². The molecule has 9 heteroatoms. The minimum absolute atomic E-state index is 0.0428. The first kappa shape index (κ1) is 19.5. The number of carbonyl (C=O) groups is 2. The summed E-state index contributed by atoms with van der Waals surface area (Å²) in [4.78, 5) is 31.9. The number of piperidine rings is 1. The normalized spacial score (nSPS) is 17.9. The van der Waals surface area contributed by atoms with Crippen molar-refractivity contribution >= 4 is 11.8 Å². The lowest BCUT2D eigenvalue weighted by molar-refractivity contribution is -0.0990. The number of rotatable bonds is 2. The summed E-state index contributed by atoms with van der Waals surface area (Å²) >= 11 is 0. The van der Waals surface area contributed by atoms with Crippen LogP contribution in [-0.4, -0.2) is 69.2 Å². The largest absolute Gasteiger partial charge is 0.370 e. The fraction of sp³-hybridized carbons (Fsp3) is 0.500. The monoisotopic (exact) mass is 401 g/mol. The minimum atomic E-state index is -0.607. The molecule has 2 aliphatic rings. The molecule has 2 amide bonds. The van der Waals surface area contributed by atoms with Gasteiger partial charge >= 0.3 is 0 Å². The Morgan fingerprint density at radius 3 is 2.66 bits per heavy atom. The molecule has 2 aromatic heterocycles. The Morgan fingerprint density at radius 2 is 2.00 bits per heavy atom. The second-order valence-corrected chi connectivity index (χ2v) is 7.89. The van der Waals surface area contributed by atoms with E-state index in [-0.39, 0.29) is 17.4 Å². The van der Waals surface area contributed by atoms with Gasteiger partial charge in [0.15, 0.2) is 11.5 Å². The highest BCUT2D eigenvalue weighted by Gasteiger charge is 2.42. The topological polar surface area (TPSA) is 80.6 Å². The van der Waals surface area contributed by atoms with Crippen LogP contribution in [0.5, 0.6) is 0 Å². The highest BCUT2D eigenvalue weighted by atomic mass is 19.1. The average Bonchev–Trinajstić information content (AvgIpc) is 3.03. The molecule has 0 radical (unpaired) electrons. The van der Waals surface area contributed by atoms with Gasteiger partial charge in [-0.2, -0.15) is 5.10 Å². The molecule has 154 valence electrons. The second kappa shape index (κ2) is 7.22. The standard InChI is InChI=1S/C20H24FN5O3/c1-24(2)19(28)17-14-12-29-20(10-16(14)25(3)23-17)5-8-26(9-6-20)18(27)13-4-7-22-11-15(13)21/h4,7,11H,5-6,8-10,12H2,1-3H3. The molecule has 0 unspecified atom stereocenters. The number of aryl methyl sites for hydroxylation is 1. The van der Waals surface area contributed by atoms with Crippen LogP contribution in [0.4, 0.5) is 4.39 Å². The van der Waals surface area contributed by atoms with Gasteiger partial charge in [0.05, 0.1) is 24.0 Å². The average molecular weight is 401 g/mol. The van der Waals surface area contributed by atoms with Gasteiger partial charge in [-0.05, 0) is 18.9 Å². The number of halogens is 1. The maximum absolute atomic E-state index is 13.9. The van der Waals surface area contributed by atoms with Crippen LogP contribution in [0.2, 0.25) is 0 Å². The van der Waals surface area contributed by atoms with Crippen LogP contribution in [0.25, 0.3) is 0 Å². The number of fused-ring (bicyclic) bond motifs is 1. The van der Waals surface area contributed by atoms with Crippen LogP contribution in [0.1, 0.15) is 44.9 Å². The number of amides is 2. The van der Waals surface area contributed by atoms with Crippen LogP contribution < -0.4 is 0 Å². The van der Waals surface area contributed by atoms with E-state index >= 15 is 0 Å². The third kappa shape index (κ3) is 3.39. The zero-order chi connectivity index (χ0) is 20.8. The molecule has 0 bridgehead atoms. The molecule has 1 saturated heterocycles. The van der Waals surface area contributed by atoms with Crippen molar-refractivity contribution in [3.05, 3.63) is 46.8 Å². The van der Waals surface area contributed by atoms with Crippen molar-refractivity contribution in [2.75, 3.05) is 27.2 Å². The van der Waals surface area contributed by atoms with Gasteiger partial charge in [0.1, 0.15) is 0 Å². The molecule has 8 nitrogen and oxygen atoms in total. The summed E-state index contributed by atoms with van der Waals surface area (Å²) in [6.45, 7) is 1.29. The first-order chi connectivity index (χ1) is 13.8. The lowest BCUT2D eigenvalue weighted by atomic mass is 9.83. The van der Waals surface area contributed by atoms with Crippen LogP contribution in [-0.2, 0) is 24.8 Å². The number of likely N-dealkylation sites (tertiary alicyclic amines) is 1. The molecule has 1 spiro atoms. The molecule has 2 aliphatic heterocycles. The quantitative estimate of drug-likeness (QED) is 0.760. The summed E-state index contributed by atoms with van der Waals surface area (Å²) < 4.78 is 21.9. The number of aromatic nitrogens is 3. The van der Waals surface area contributed by atoms with E-state index in [0.717, 1.165) is 17.5 Å². The van der Waals surface area contributed by atoms with E-state index in [9.17, 15) is 14.0 Å². The molecule has 0 atom stereocenters. The third-order valence-electron chi connectivity index (χ3n) is 5.86. The maximum atomic E-state index is 13.9. The second-order valence-electron chi connectivity index (χ2n) is 7.89. The van der Waals surface area contributed by atoms with Crippen molar-refractivity contribution in [1.29, 1.82) is 0 Å². The van der Waals surface area contributed by atoms with Gasteiger partial charge in [0.25, 0.3) is 11.8 Å². The molecule has 0 N–H and O–H groups in total. The van der Waals surface area contributed by atoms with Gasteiger partial charge in [-0.3, -0.25) is 19.3 Å². The summed E-state index contributed by atoms with van der Waals surface area (Å²) in [6, 6.07) is 1.41. The molecule has 29 heavy (non-hydrogen) atoms. The summed E-state index contributed by atoms with van der Waals surface area (Å²) in [5, 5.41) is 4.42.